The topological polar surface area (TPSA) is 108 Å². The summed E-state index contributed by atoms with van der Waals surface area (Å²) in [5.74, 6) is 0.693. The summed E-state index contributed by atoms with van der Waals surface area (Å²) in [7, 11) is 0. The van der Waals surface area contributed by atoms with Crippen LogP contribution in [-0.4, -0.2) is 26.1 Å². The van der Waals surface area contributed by atoms with Crippen LogP contribution in [0.2, 0.25) is 0 Å². The standard InChI is InChI=1S/C20H19N7/c21-19-15-5-9-24-17(18(15)25-20(22)26-19)13-1-2-16-12(11-13)6-10-27(16)14-3-7-23-8-4-14/h1-4,6-8,10-11,17,24H,5,9H2,(H4,21,22,25,26). The summed E-state index contributed by atoms with van der Waals surface area (Å²) in [6.07, 6.45) is 6.47. The zero-order chi connectivity index (χ0) is 18.4. The lowest BCUT2D eigenvalue weighted by atomic mass is 9.94. The van der Waals surface area contributed by atoms with E-state index in [1.54, 1.807) is 12.4 Å². The highest BCUT2D eigenvalue weighted by molar-refractivity contribution is 5.83. The maximum absolute atomic E-state index is 6.07. The number of nitrogens with zero attached hydrogens (tertiary/aromatic N) is 4. The van der Waals surface area contributed by atoms with Crippen LogP contribution in [0.15, 0.2) is 55.0 Å². The van der Waals surface area contributed by atoms with Crippen molar-refractivity contribution in [3.05, 3.63) is 71.8 Å². The van der Waals surface area contributed by atoms with Gasteiger partial charge in [-0.15, -0.1) is 0 Å². The molecule has 5 N–H and O–H groups in total. The van der Waals surface area contributed by atoms with E-state index >= 15 is 0 Å². The summed E-state index contributed by atoms with van der Waals surface area (Å²) in [5.41, 5.74) is 17.1. The number of pyridine rings is 1. The average Bonchev–Trinajstić information content (AvgIpc) is 3.11. The van der Waals surface area contributed by atoms with Crippen LogP contribution in [0, 0.1) is 0 Å². The summed E-state index contributed by atoms with van der Waals surface area (Å²) in [4.78, 5) is 12.7. The summed E-state index contributed by atoms with van der Waals surface area (Å²) >= 11 is 0. The Morgan fingerprint density at radius 1 is 1.04 bits per heavy atom. The Morgan fingerprint density at radius 2 is 1.89 bits per heavy atom. The van der Waals surface area contributed by atoms with E-state index in [1.165, 1.54) is 0 Å². The number of hydrogen-bond donors (Lipinski definition) is 3. The summed E-state index contributed by atoms with van der Waals surface area (Å²) in [6, 6.07) is 12.5. The Kier molecular flexibility index (Phi) is 3.54. The van der Waals surface area contributed by atoms with E-state index in [0.29, 0.717) is 5.82 Å². The van der Waals surface area contributed by atoms with Gasteiger partial charge in [-0.25, -0.2) is 4.98 Å². The number of nitrogens with two attached hydrogens (primary N) is 2. The van der Waals surface area contributed by atoms with Gasteiger partial charge in [0.1, 0.15) is 5.82 Å². The van der Waals surface area contributed by atoms with Gasteiger partial charge >= 0.3 is 0 Å². The molecule has 0 saturated carbocycles. The fourth-order valence-corrected chi connectivity index (χ4v) is 3.82. The van der Waals surface area contributed by atoms with Crippen LogP contribution in [0.1, 0.15) is 22.9 Å². The molecule has 7 nitrogen and oxygen atoms in total. The summed E-state index contributed by atoms with van der Waals surface area (Å²) in [6.45, 7) is 0.825. The Balaban J connectivity index is 1.60. The lowest BCUT2D eigenvalue weighted by molar-refractivity contribution is 0.552. The molecule has 1 unspecified atom stereocenters. The predicted octanol–water partition coefficient (Wildman–Crippen LogP) is 2.21. The minimum atomic E-state index is -0.0463. The third kappa shape index (κ3) is 2.60. The second-order valence-corrected chi connectivity index (χ2v) is 6.68. The maximum Gasteiger partial charge on any atom is 0.222 e. The van der Waals surface area contributed by atoms with Gasteiger partial charge in [0.15, 0.2) is 0 Å². The second-order valence-electron chi connectivity index (χ2n) is 6.68. The Bertz CT molecular complexity index is 1130. The van der Waals surface area contributed by atoms with E-state index < -0.39 is 0 Å². The molecule has 0 spiro atoms. The first-order valence-corrected chi connectivity index (χ1v) is 8.87. The van der Waals surface area contributed by atoms with Crippen molar-refractivity contribution >= 4 is 22.7 Å². The van der Waals surface area contributed by atoms with Crippen LogP contribution in [0.5, 0.6) is 0 Å². The van der Waals surface area contributed by atoms with Gasteiger partial charge in [0, 0.05) is 41.8 Å². The lowest BCUT2D eigenvalue weighted by Gasteiger charge is -2.27. The molecule has 4 heterocycles. The first-order chi connectivity index (χ1) is 13.2. The zero-order valence-corrected chi connectivity index (χ0v) is 14.6. The summed E-state index contributed by atoms with van der Waals surface area (Å²) in [5, 5.41) is 4.69. The van der Waals surface area contributed by atoms with Gasteiger partial charge in [0.25, 0.3) is 0 Å². The van der Waals surface area contributed by atoms with E-state index in [0.717, 1.165) is 46.4 Å². The number of hydrogen-bond acceptors (Lipinski definition) is 6. The molecule has 7 heteroatoms. The van der Waals surface area contributed by atoms with E-state index in [9.17, 15) is 0 Å². The van der Waals surface area contributed by atoms with Gasteiger partial charge in [0.05, 0.1) is 17.3 Å². The minimum absolute atomic E-state index is 0.0463. The molecule has 4 aromatic rings. The van der Waals surface area contributed by atoms with Crippen molar-refractivity contribution in [1.29, 1.82) is 0 Å². The molecule has 0 bridgehead atoms. The molecule has 0 saturated heterocycles. The van der Waals surface area contributed by atoms with E-state index in [4.69, 9.17) is 11.5 Å². The van der Waals surface area contributed by atoms with Crippen LogP contribution in [0.3, 0.4) is 0 Å². The molecule has 0 fully saturated rings. The predicted molar refractivity (Wildman–Crippen MR) is 105 cm³/mol. The number of nitrogen functional groups attached to an aromatic ring is 2. The molecule has 134 valence electrons. The highest BCUT2D eigenvalue weighted by atomic mass is 15.1. The molecule has 0 amide bonds. The Labute approximate surface area is 156 Å². The molecule has 27 heavy (non-hydrogen) atoms. The van der Waals surface area contributed by atoms with Gasteiger partial charge in [0.2, 0.25) is 5.95 Å². The zero-order valence-electron chi connectivity index (χ0n) is 14.6. The number of aromatic nitrogens is 4. The first-order valence-electron chi connectivity index (χ1n) is 8.87. The third-order valence-corrected chi connectivity index (χ3v) is 5.07. The molecule has 3 aromatic heterocycles. The van der Waals surface area contributed by atoms with Gasteiger partial charge in [-0.2, -0.15) is 4.98 Å². The van der Waals surface area contributed by atoms with Crippen LogP contribution < -0.4 is 16.8 Å². The minimum Gasteiger partial charge on any atom is -0.383 e. The SMILES string of the molecule is Nc1nc(N)c2c(n1)C(c1ccc3c(ccn3-c3ccncc3)c1)NCC2. The molecule has 1 aliphatic heterocycles. The monoisotopic (exact) mass is 357 g/mol. The van der Waals surface area contributed by atoms with Crippen molar-refractivity contribution in [2.75, 3.05) is 18.0 Å². The van der Waals surface area contributed by atoms with Gasteiger partial charge in [-0.05, 0) is 42.3 Å². The molecule has 1 aliphatic rings. The highest BCUT2D eigenvalue weighted by Gasteiger charge is 2.26. The molecule has 1 aromatic carbocycles. The molecule has 1 atom stereocenters. The van der Waals surface area contributed by atoms with Crippen molar-refractivity contribution in [3.63, 3.8) is 0 Å². The Hall–Kier alpha value is -3.45. The number of nitrogens with one attached hydrogen (secondary N) is 1. The molecule has 0 aliphatic carbocycles. The smallest absolute Gasteiger partial charge is 0.222 e. The summed E-state index contributed by atoms with van der Waals surface area (Å²) < 4.78 is 2.15. The fraction of sp³-hybridized carbons (Fsp3) is 0.150. The average molecular weight is 357 g/mol. The molecular weight excluding hydrogens is 338 g/mol. The van der Waals surface area contributed by atoms with Crippen molar-refractivity contribution in [2.45, 2.75) is 12.5 Å². The first kappa shape index (κ1) is 15.8. The van der Waals surface area contributed by atoms with E-state index in [-0.39, 0.29) is 12.0 Å². The van der Waals surface area contributed by atoms with E-state index in [1.807, 2.05) is 12.1 Å². The molecule has 0 radical (unpaired) electrons. The quantitative estimate of drug-likeness (QED) is 0.508. The van der Waals surface area contributed by atoms with Crippen molar-refractivity contribution in [3.8, 4) is 5.69 Å². The number of fused-ring (bicyclic) bond motifs is 2. The van der Waals surface area contributed by atoms with Gasteiger partial charge in [-0.1, -0.05) is 6.07 Å². The third-order valence-electron chi connectivity index (χ3n) is 5.07. The Morgan fingerprint density at radius 3 is 2.74 bits per heavy atom. The van der Waals surface area contributed by atoms with E-state index in [2.05, 4.69) is 55.3 Å². The van der Waals surface area contributed by atoms with Crippen molar-refractivity contribution in [2.24, 2.45) is 0 Å². The van der Waals surface area contributed by atoms with Crippen LogP contribution in [0.25, 0.3) is 16.6 Å². The molecular formula is C20H19N7. The number of anilines is 2. The van der Waals surface area contributed by atoms with Crippen molar-refractivity contribution < 1.29 is 0 Å². The normalized spacial score (nSPS) is 16.4. The number of rotatable bonds is 2. The van der Waals surface area contributed by atoms with Crippen LogP contribution in [-0.2, 0) is 6.42 Å². The van der Waals surface area contributed by atoms with Crippen LogP contribution >= 0.6 is 0 Å². The van der Waals surface area contributed by atoms with Crippen molar-refractivity contribution in [1.82, 2.24) is 24.8 Å². The van der Waals surface area contributed by atoms with Gasteiger partial charge in [-0.3, -0.25) is 4.98 Å². The lowest BCUT2D eigenvalue weighted by Crippen LogP contribution is -2.32. The van der Waals surface area contributed by atoms with Gasteiger partial charge < -0.3 is 21.4 Å². The maximum atomic E-state index is 6.07. The second kappa shape index (κ2) is 6.07. The number of benzene rings is 1. The van der Waals surface area contributed by atoms with Crippen LogP contribution in [0.4, 0.5) is 11.8 Å². The fourth-order valence-electron chi connectivity index (χ4n) is 3.82. The molecule has 5 rings (SSSR count). The highest BCUT2D eigenvalue weighted by Crippen LogP contribution is 2.32. The largest absolute Gasteiger partial charge is 0.383 e.